The number of ether oxygens (including phenoxy) is 1. The highest BCUT2D eigenvalue weighted by Gasteiger charge is 2.49. The van der Waals surface area contributed by atoms with Gasteiger partial charge in [0.25, 0.3) is 17.7 Å². The van der Waals surface area contributed by atoms with Gasteiger partial charge in [-0.3, -0.25) is 19.7 Å². The lowest BCUT2D eigenvalue weighted by atomic mass is 9.92. The van der Waals surface area contributed by atoms with Gasteiger partial charge in [-0.1, -0.05) is 36.4 Å². The number of nitrogens with zero attached hydrogens (tertiary/aromatic N) is 3. The molecule has 0 radical (unpaired) electrons. The van der Waals surface area contributed by atoms with E-state index in [1.54, 1.807) is 0 Å². The first kappa shape index (κ1) is 22.7. The van der Waals surface area contributed by atoms with Gasteiger partial charge in [-0.15, -0.1) is 0 Å². The molecule has 0 spiro atoms. The molecule has 1 fully saturated rings. The van der Waals surface area contributed by atoms with Crippen LogP contribution in [0.3, 0.4) is 0 Å². The van der Waals surface area contributed by atoms with Crippen molar-refractivity contribution in [3.8, 4) is 0 Å². The molecule has 39 heavy (non-hydrogen) atoms. The van der Waals surface area contributed by atoms with Crippen molar-refractivity contribution < 1.29 is 29.3 Å². The Morgan fingerprint density at radius 1 is 0.872 bits per heavy atom. The van der Waals surface area contributed by atoms with E-state index in [0.29, 0.717) is 64.8 Å². The molecule has 0 saturated carbocycles. The van der Waals surface area contributed by atoms with Crippen molar-refractivity contribution in [3.63, 3.8) is 0 Å². The molecule has 3 amide bonds. The Labute approximate surface area is 220 Å². The maximum atomic E-state index is 13.9. The zero-order valence-electron chi connectivity index (χ0n) is 20.8. The lowest BCUT2D eigenvalue weighted by Crippen LogP contribution is -2.61. The van der Waals surface area contributed by atoms with Gasteiger partial charge in [0.05, 0.1) is 48.5 Å². The van der Waals surface area contributed by atoms with Gasteiger partial charge < -0.3 is 29.0 Å². The molecule has 2 unspecified atom stereocenters. The number of carbonyl (C=O) groups is 3. The molecule has 5 aromatic rings. The monoisotopic (exact) mass is 524 g/mol. The summed E-state index contributed by atoms with van der Waals surface area (Å²) in [5, 5.41) is 29.0. The van der Waals surface area contributed by atoms with Gasteiger partial charge in [0, 0.05) is 45.7 Å². The number of hydrogen-bond donors (Lipinski definition) is 3. The van der Waals surface area contributed by atoms with E-state index < -0.39 is 29.4 Å². The number of aromatic nitrogens is 2. The van der Waals surface area contributed by atoms with Gasteiger partial charge in [0.15, 0.2) is 5.60 Å². The standard InChI is InChI=1S/C29H24N4O6/c34-19-13-32-17-7-3-1-5-15(17)20-22-23(27(36)30-26(22)35)21-16-6-2-4-8-18(16)33(25(21)24(20)32)14-29(19,38)28(37)31-9-11-39-12-10-31/h1-8,19,34,38H,9-14H2,(H,30,35,36). The lowest BCUT2D eigenvalue weighted by Gasteiger charge is -2.39. The molecule has 0 aliphatic carbocycles. The smallest absolute Gasteiger partial charge is 0.259 e. The number of para-hydroxylation sites is 2. The van der Waals surface area contributed by atoms with Crippen molar-refractivity contribution in [3.05, 3.63) is 59.7 Å². The summed E-state index contributed by atoms with van der Waals surface area (Å²) in [7, 11) is 0. The van der Waals surface area contributed by atoms with Gasteiger partial charge in [-0.2, -0.15) is 0 Å². The van der Waals surface area contributed by atoms with Crippen LogP contribution < -0.4 is 5.32 Å². The Balaban J connectivity index is 1.56. The quantitative estimate of drug-likeness (QED) is 0.287. The molecule has 3 aromatic carbocycles. The largest absolute Gasteiger partial charge is 0.388 e. The average Bonchev–Trinajstić information content (AvgIpc) is 3.55. The highest BCUT2D eigenvalue weighted by Crippen LogP contribution is 2.46. The maximum Gasteiger partial charge on any atom is 0.259 e. The minimum Gasteiger partial charge on any atom is -0.388 e. The van der Waals surface area contributed by atoms with E-state index in [-0.39, 0.29) is 13.1 Å². The fourth-order valence-corrected chi connectivity index (χ4v) is 6.81. The maximum absolute atomic E-state index is 13.9. The number of imide groups is 1. The molecule has 5 heterocycles. The summed E-state index contributed by atoms with van der Waals surface area (Å²) >= 11 is 0. The second kappa shape index (κ2) is 7.66. The molecule has 196 valence electrons. The second-order valence-corrected chi connectivity index (χ2v) is 10.6. The fourth-order valence-electron chi connectivity index (χ4n) is 6.81. The average molecular weight is 525 g/mol. The summed E-state index contributed by atoms with van der Waals surface area (Å²) in [6.07, 6.45) is -1.46. The number of rotatable bonds is 1. The van der Waals surface area contributed by atoms with Crippen LogP contribution >= 0.6 is 0 Å². The molecule has 10 nitrogen and oxygen atoms in total. The Bertz CT molecular complexity index is 1930. The van der Waals surface area contributed by atoms with Crippen molar-refractivity contribution in [1.29, 1.82) is 0 Å². The molecule has 8 rings (SSSR count). The van der Waals surface area contributed by atoms with E-state index in [1.165, 1.54) is 4.90 Å². The number of amides is 3. The van der Waals surface area contributed by atoms with Crippen molar-refractivity contribution in [2.75, 3.05) is 26.3 Å². The number of morpholine rings is 1. The Morgan fingerprint density at radius 3 is 2.03 bits per heavy atom. The van der Waals surface area contributed by atoms with E-state index in [1.807, 2.05) is 57.7 Å². The van der Waals surface area contributed by atoms with Crippen molar-refractivity contribution in [2.45, 2.75) is 24.8 Å². The minimum atomic E-state index is -2.15. The van der Waals surface area contributed by atoms with Crippen LogP contribution in [0.25, 0.3) is 43.6 Å². The third-order valence-corrected chi connectivity index (χ3v) is 8.57. The topological polar surface area (TPSA) is 126 Å². The number of carbonyl (C=O) groups excluding carboxylic acids is 3. The summed E-state index contributed by atoms with van der Waals surface area (Å²) in [6.45, 7) is 1.05. The van der Waals surface area contributed by atoms with E-state index in [0.717, 1.165) is 16.3 Å². The van der Waals surface area contributed by atoms with Crippen LogP contribution in [-0.2, 0) is 22.6 Å². The van der Waals surface area contributed by atoms with Gasteiger partial charge >= 0.3 is 0 Å². The summed E-state index contributed by atoms with van der Waals surface area (Å²) in [6, 6.07) is 14.9. The Hall–Kier alpha value is -4.25. The minimum absolute atomic E-state index is 0.0818. The molecule has 2 aromatic heterocycles. The van der Waals surface area contributed by atoms with Crippen LogP contribution in [0.2, 0.25) is 0 Å². The number of hydrogen-bond acceptors (Lipinski definition) is 6. The van der Waals surface area contributed by atoms with E-state index in [9.17, 15) is 24.6 Å². The van der Waals surface area contributed by atoms with Crippen LogP contribution in [0, 0.1) is 0 Å². The van der Waals surface area contributed by atoms with Crippen LogP contribution in [0.1, 0.15) is 20.7 Å². The number of nitrogens with one attached hydrogen (secondary N) is 1. The normalized spacial score (nSPS) is 23.1. The Morgan fingerprint density at radius 2 is 1.41 bits per heavy atom. The first-order valence-electron chi connectivity index (χ1n) is 13.0. The number of aliphatic hydroxyl groups is 2. The van der Waals surface area contributed by atoms with Crippen molar-refractivity contribution >= 4 is 61.3 Å². The predicted octanol–water partition coefficient (Wildman–Crippen LogP) is 1.75. The third-order valence-electron chi connectivity index (χ3n) is 8.57. The summed E-state index contributed by atoms with van der Waals surface area (Å²) in [4.78, 5) is 42.0. The molecule has 3 N–H and O–H groups in total. The molecular formula is C29H24N4O6. The third kappa shape index (κ3) is 2.77. The Kier molecular flexibility index (Phi) is 4.46. The van der Waals surface area contributed by atoms with E-state index >= 15 is 0 Å². The van der Waals surface area contributed by atoms with Gasteiger partial charge in [-0.25, -0.2) is 0 Å². The number of benzene rings is 3. The number of fused-ring (bicyclic) bond motifs is 9. The van der Waals surface area contributed by atoms with Crippen LogP contribution in [0.5, 0.6) is 0 Å². The fraction of sp³-hybridized carbons (Fsp3) is 0.276. The van der Waals surface area contributed by atoms with E-state index in [2.05, 4.69) is 5.32 Å². The summed E-state index contributed by atoms with van der Waals surface area (Å²) < 4.78 is 9.11. The summed E-state index contributed by atoms with van der Waals surface area (Å²) in [5.41, 5.74) is 1.21. The SMILES string of the molecule is O=C1NC(=O)c2c1c1c3ccccc3n3c1c1c2c2ccccc2n1CC(O)(C(=O)N1CCOCC1)C(O)C3. The first-order valence-corrected chi connectivity index (χ1v) is 13.0. The molecule has 3 aliphatic rings. The molecule has 3 aliphatic heterocycles. The van der Waals surface area contributed by atoms with Gasteiger partial charge in [0.2, 0.25) is 0 Å². The van der Waals surface area contributed by atoms with Crippen molar-refractivity contribution in [2.24, 2.45) is 0 Å². The second-order valence-electron chi connectivity index (χ2n) is 10.6. The number of aliphatic hydroxyl groups excluding tert-OH is 1. The highest BCUT2D eigenvalue weighted by molar-refractivity contribution is 6.39. The van der Waals surface area contributed by atoms with Crippen molar-refractivity contribution in [1.82, 2.24) is 19.4 Å². The van der Waals surface area contributed by atoms with Gasteiger partial charge in [-0.05, 0) is 12.1 Å². The van der Waals surface area contributed by atoms with E-state index in [4.69, 9.17) is 4.74 Å². The zero-order chi connectivity index (χ0) is 26.6. The highest BCUT2D eigenvalue weighted by atomic mass is 16.5. The molecular weight excluding hydrogens is 500 g/mol. The molecule has 0 bridgehead atoms. The first-order chi connectivity index (χ1) is 18.9. The zero-order valence-corrected chi connectivity index (χ0v) is 20.8. The lowest BCUT2D eigenvalue weighted by molar-refractivity contribution is -0.171. The van der Waals surface area contributed by atoms with Crippen LogP contribution in [0.15, 0.2) is 48.5 Å². The van der Waals surface area contributed by atoms with Crippen LogP contribution in [-0.4, -0.2) is 80.0 Å². The van der Waals surface area contributed by atoms with Gasteiger partial charge in [0.1, 0.15) is 6.10 Å². The summed E-state index contributed by atoms with van der Waals surface area (Å²) in [5.74, 6) is -1.49. The molecule has 10 heteroatoms. The molecule has 1 saturated heterocycles. The predicted molar refractivity (Wildman–Crippen MR) is 143 cm³/mol. The van der Waals surface area contributed by atoms with Crippen LogP contribution in [0.4, 0.5) is 0 Å². The molecule has 2 atom stereocenters.